The zero-order valence-corrected chi connectivity index (χ0v) is 14.4. The van der Waals surface area contributed by atoms with E-state index < -0.39 is 0 Å². The average molecular weight is 356 g/mol. The van der Waals surface area contributed by atoms with E-state index in [-0.39, 0.29) is 0 Å². The largest absolute Gasteiger partial charge is 0.310 e. The first-order valence-electron chi connectivity index (χ1n) is 6.32. The Hall–Kier alpha value is -0.290. The van der Waals surface area contributed by atoms with Gasteiger partial charge in [-0.25, -0.2) is 0 Å². The van der Waals surface area contributed by atoms with Crippen molar-refractivity contribution in [3.05, 3.63) is 50.6 Å². The van der Waals surface area contributed by atoms with Crippen LogP contribution < -0.4 is 5.32 Å². The molecule has 0 atom stereocenters. The van der Waals surface area contributed by atoms with Gasteiger partial charge >= 0.3 is 0 Å². The van der Waals surface area contributed by atoms with Gasteiger partial charge in [0.2, 0.25) is 0 Å². The molecule has 1 N–H and O–H groups in total. The van der Waals surface area contributed by atoms with Crippen molar-refractivity contribution in [2.45, 2.75) is 37.1 Å². The molecule has 1 aromatic heterocycles. The van der Waals surface area contributed by atoms with Crippen LogP contribution in [0.3, 0.4) is 0 Å². The summed E-state index contributed by atoms with van der Waals surface area (Å²) in [6.07, 6.45) is 0. The lowest BCUT2D eigenvalue weighted by Gasteiger charge is -2.09. The number of hydrogen-bond acceptors (Lipinski definition) is 3. The third-order valence-corrected chi connectivity index (χ3v) is 5.80. The quantitative estimate of drug-likeness (QED) is 0.705. The Labute approximate surface area is 131 Å². The highest BCUT2D eigenvalue weighted by Gasteiger charge is 2.03. The maximum Gasteiger partial charge on any atom is 0.0337 e. The van der Waals surface area contributed by atoms with Crippen LogP contribution in [0.4, 0.5) is 0 Å². The Bertz CT molecular complexity index is 522. The molecule has 4 heteroatoms. The Morgan fingerprint density at radius 3 is 2.84 bits per heavy atom. The number of thioether (sulfide) groups is 1. The van der Waals surface area contributed by atoms with Crippen molar-refractivity contribution in [2.24, 2.45) is 0 Å². The molecular weight excluding hydrogens is 338 g/mol. The topological polar surface area (TPSA) is 12.0 Å². The molecule has 2 aromatic rings. The summed E-state index contributed by atoms with van der Waals surface area (Å²) in [5.41, 5.74) is 1.35. The number of thiophene rings is 1. The van der Waals surface area contributed by atoms with Crippen molar-refractivity contribution in [1.82, 2.24) is 5.32 Å². The van der Waals surface area contributed by atoms with Gasteiger partial charge < -0.3 is 5.32 Å². The lowest BCUT2D eigenvalue weighted by molar-refractivity contribution is 0.588. The summed E-state index contributed by atoms with van der Waals surface area (Å²) in [6.45, 7) is 5.29. The standard InChI is InChI=1S/C15H18BrNS2/c1-11(2)17-9-12-4-3-5-13(8-12)19-10-15-14(16)6-7-18-15/h3-8,11,17H,9-10H2,1-2H3. The van der Waals surface area contributed by atoms with Gasteiger partial charge in [-0.05, 0) is 45.1 Å². The zero-order valence-electron chi connectivity index (χ0n) is 11.2. The van der Waals surface area contributed by atoms with Gasteiger partial charge in [-0.2, -0.15) is 0 Å². The number of halogens is 1. The Morgan fingerprint density at radius 1 is 1.32 bits per heavy atom. The zero-order chi connectivity index (χ0) is 13.7. The highest BCUT2D eigenvalue weighted by Crippen LogP contribution is 2.30. The van der Waals surface area contributed by atoms with Crippen LogP contribution in [0.15, 0.2) is 45.1 Å². The van der Waals surface area contributed by atoms with Crippen LogP contribution in [-0.4, -0.2) is 6.04 Å². The number of benzene rings is 1. The maximum absolute atomic E-state index is 3.58. The predicted molar refractivity (Wildman–Crippen MR) is 90.0 cm³/mol. The van der Waals surface area contributed by atoms with Crippen LogP contribution in [-0.2, 0) is 12.3 Å². The minimum Gasteiger partial charge on any atom is -0.310 e. The van der Waals surface area contributed by atoms with Crippen molar-refractivity contribution in [3.63, 3.8) is 0 Å². The SMILES string of the molecule is CC(C)NCc1cccc(SCc2sccc2Br)c1. The van der Waals surface area contributed by atoms with Crippen LogP contribution >= 0.6 is 39.0 Å². The van der Waals surface area contributed by atoms with E-state index in [1.807, 2.05) is 23.1 Å². The van der Waals surface area contributed by atoms with E-state index in [0.29, 0.717) is 6.04 Å². The fraction of sp³-hybridized carbons (Fsp3) is 0.333. The normalized spacial score (nSPS) is 11.2. The summed E-state index contributed by atoms with van der Waals surface area (Å²) in [5.74, 6) is 1.03. The van der Waals surface area contributed by atoms with Crippen LogP contribution in [0.5, 0.6) is 0 Å². The molecule has 1 nitrogen and oxygen atoms in total. The fourth-order valence-corrected chi connectivity index (χ4v) is 4.42. The number of nitrogens with one attached hydrogen (secondary N) is 1. The van der Waals surface area contributed by atoms with Crippen molar-refractivity contribution in [2.75, 3.05) is 0 Å². The van der Waals surface area contributed by atoms with Crippen molar-refractivity contribution >= 4 is 39.0 Å². The molecule has 0 saturated heterocycles. The second-order valence-corrected chi connectivity index (χ2v) is 7.57. The summed E-state index contributed by atoms with van der Waals surface area (Å²) < 4.78 is 1.22. The van der Waals surface area contributed by atoms with Gasteiger partial charge in [0.25, 0.3) is 0 Å². The Balaban J connectivity index is 1.93. The van der Waals surface area contributed by atoms with E-state index >= 15 is 0 Å². The van der Waals surface area contributed by atoms with Crippen molar-refractivity contribution in [1.29, 1.82) is 0 Å². The second-order valence-electron chi connectivity index (χ2n) is 4.66. The molecule has 0 spiro atoms. The molecule has 19 heavy (non-hydrogen) atoms. The smallest absolute Gasteiger partial charge is 0.0337 e. The van der Waals surface area contributed by atoms with Gasteiger partial charge in [-0.1, -0.05) is 26.0 Å². The molecule has 0 aliphatic rings. The van der Waals surface area contributed by atoms with Gasteiger partial charge in [0, 0.05) is 32.6 Å². The molecule has 0 aliphatic heterocycles. The molecule has 0 unspecified atom stereocenters. The van der Waals surface area contributed by atoms with Crippen LogP contribution in [0.25, 0.3) is 0 Å². The predicted octanol–water partition coefficient (Wildman–Crippen LogP) is 5.30. The first kappa shape index (κ1) is 15.1. The highest BCUT2D eigenvalue weighted by atomic mass is 79.9. The summed E-state index contributed by atoms with van der Waals surface area (Å²) in [7, 11) is 0. The molecule has 2 rings (SSSR count). The third kappa shape index (κ3) is 4.95. The molecular formula is C15H18BrNS2. The first-order chi connectivity index (χ1) is 9.15. The molecule has 0 bridgehead atoms. The monoisotopic (exact) mass is 355 g/mol. The van der Waals surface area contributed by atoms with Gasteiger partial charge in [-0.3, -0.25) is 0 Å². The molecule has 0 aliphatic carbocycles. The summed E-state index contributed by atoms with van der Waals surface area (Å²) in [6, 6.07) is 11.4. The summed E-state index contributed by atoms with van der Waals surface area (Å²) in [5, 5.41) is 5.58. The van der Waals surface area contributed by atoms with E-state index in [9.17, 15) is 0 Å². The van der Waals surface area contributed by atoms with Crippen molar-refractivity contribution in [3.8, 4) is 0 Å². The van der Waals surface area contributed by atoms with Gasteiger partial charge in [-0.15, -0.1) is 23.1 Å². The Morgan fingerprint density at radius 2 is 2.16 bits per heavy atom. The van der Waals surface area contributed by atoms with E-state index in [4.69, 9.17) is 0 Å². The lowest BCUT2D eigenvalue weighted by atomic mass is 10.2. The molecule has 102 valence electrons. The average Bonchev–Trinajstić information content (AvgIpc) is 2.80. The lowest BCUT2D eigenvalue weighted by Crippen LogP contribution is -2.21. The summed E-state index contributed by atoms with van der Waals surface area (Å²) >= 11 is 7.28. The van der Waals surface area contributed by atoms with Gasteiger partial charge in [0.1, 0.15) is 0 Å². The number of rotatable bonds is 6. The second kappa shape index (κ2) is 7.48. The van der Waals surface area contributed by atoms with Crippen LogP contribution in [0.2, 0.25) is 0 Å². The minimum atomic E-state index is 0.526. The maximum atomic E-state index is 3.58. The summed E-state index contributed by atoms with van der Waals surface area (Å²) in [4.78, 5) is 2.74. The molecule has 1 heterocycles. The number of hydrogen-bond donors (Lipinski definition) is 1. The van der Waals surface area contributed by atoms with Gasteiger partial charge in [0.05, 0.1) is 0 Å². The van der Waals surface area contributed by atoms with Crippen LogP contribution in [0, 0.1) is 0 Å². The van der Waals surface area contributed by atoms with Gasteiger partial charge in [0.15, 0.2) is 0 Å². The highest BCUT2D eigenvalue weighted by molar-refractivity contribution is 9.10. The van der Waals surface area contributed by atoms with Crippen LogP contribution in [0.1, 0.15) is 24.3 Å². The Kier molecular flexibility index (Phi) is 5.95. The molecule has 0 radical (unpaired) electrons. The van der Waals surface area contributed by atoms with E-state index in [1.165, 1.54) is 19.8 Å². The van der Waals surface area contributed by atoms with E-state index in [0.717, 1.165) is 12.3 Å². The fourth-order valence-electron chi connectivity index (χ4n) is 1.64. The third-order valence-electron chi connectivity index (χ3n) is 2.67. The van der Waals surface area contributed by atoms with E-state index in [2.05, 4.69) is 70.8 Å². The van der Waals surface area contributed by atoms with E-state index in [1.54, 1.807) is 0 Å². The molecule has 0 amide bonds. The van der Waals surface area contributed by atoms with Crippen molar-refractivity contribution < 1.29 is 0 Å². The first-order valence-corrected chi connectivity index (χ1v) is 8.98. The molecule has 0 saturated carbocycles. The molecule has 1 aromatic carbocycles. The minimum absolute atomic E-state index is 0.526. The molecule has 0 fully saturated rings.